The molecule has 2 atom stereocenters. The highest BCUT2D eigenvalue weighted by atomic mass is 19.1. The van der Waals surface area contributed by atoms with Gasteiger partial charge in [-0.3, -0.25) is 9.89 Å². The van der Waals surface area contributed by atoms with Crippen LogP contribution in [0.4, 0.5) is 4.39 Å². The maximum Gasteiger partial charge on any atom is 0.158 e. The molecule has 0 saturated heterocycles. The van der Waals surface area contributed by atoms with Crippen molar-refractivity contribution in [1.29, 1.82) is 0 Å². The number of aromatic amines is 1. The summed E-state index contributed by atoms with van der Waals surface area (Å²) in [4.78, 5) is 17.9. The summed E-state index contributed by atoms with van der Waals surface area (Å²) in [7, 11) is 4.30. The Balaban J connectivity index is 1.28. The average Bonchev–Trinajstić information content (AvgIpc) is 3.12. The molecule has 3 aromatic rings. The van der Waals surface area contributed by atoms with Gasteiger partial charge in [-0.2, -0.15) is 0 Å². The van der Waals surface area contributed by atoms with Gasteiger partial charge in [-0.1, -0.05) is 19.9 Å². The first-order valence-electron chi connectivity index (χ1n) is 15.2. The highest BCUT2D eigenvalue weighted by Crippen LogP contribution is 2.58. The first-order chi connectivity index (χ1) is 19.6. The molecule has 0 amide bonds. The molecule has 6 nitrogen and oxygen atoms in total. The summed E-state index contributed by atoms with van der Waals surface area (Å²) in [6.07, 6.45) is 6.83. The van der Waals surface area contributed by atoms with Gasteiger partial charge in [0.1, 0.15) is 23.7 Å². The van der Waals surface area contributed by atoms with Gasteiger partial charge in [0, 0.05) is 47.7 Å². The van der Waals surface area contributed by atoms with Gasteiger partial charge in [0.15, 0.2) is 5.82 Å². The van der Waals surface area contributed by atoms with Crippen molar-refractivity contribution in [2.24, 2.45) is 16.3 Å². The largest absolute Gasteiger partial charge is 0.492 e. The van der Waals surface area contributed by atoms with E-state index < -0.39 is 0 Å². The van der Waals surface area contributed by atoms with E-state index in [4.69, 9.17) is 9.73 Å². The van der Waals surface area contributed by atoms with E-state index in [9.17, 15) is 0 Å². The van der Waals surface area contributed by atoms with Crippen LogP contribution >= 0.6 is 0 Å². The Kier molecular flexibility index (Phi) is 6.40. The first kappa shape index (κ1) is 26.8. The van der Waals surface area contributed by atoms with E-state index >= 15 is 4.39 Å². The minimum atomic E-state index is -0.274. The standard InChI is InChI=1S/C34H42FN5O/c1-21-36-29-8-7-26(31(35)32(29)37-21)22-6-9-30-23(16-22)19-40(14-15-41-30)34-13-10-24(34)17-25(20-39(4)5)38-28-11-12-33(2,3)18-27(28)34/h6-9,16,24H,10-15,17-20H2,1-5H3,(H,36,37). The van der Waals surface area contributed by atoms with Crippen molar-refractivity contribution in [3.05, 3.63) is 58.8 Å². The predicted octanol–water partition coefficient (Wildman–Crippen LogP) is 6.89. The molecular weight excluding hydrogens is 513 g/mol. The van der Waals surface area contributed by atoms with Gasteiger partial charge in [0.05, 0.1) is 5.52 Å². The van der Waals surface area contributed by atoms with Crippen molar-refractivity contribution in [2.45, 2.75) is 71.4 Å². The minimum absolute atomic E-state index is 0.0162. The van der Waals surface area contributed by atoms with E-state index in [0.717, 1.165) is 67.1 Å². The molecule has 2 aliphatic heterocycles. The molecule has 4 aliphatic rings. The number of nitrogens with zero attached hydrogens (tertiary/aromatic N) is 4. The molecule has 0 spiro atoms. The third-order valence-electron chi connectivity index (χ3n) is 10.0. The lowest BCUT2D eigenvalue weighted by atomic mass is 9.56. The molecule has 0 bridgehead atoms. The molecule has 1 aromatic heterocycles. The number of nitrogens with one attached hydrogen (secondary N) is 1. The summed E-state index contributed by atoms with van der Waals surface area (Å²) in [6, 6.07) is 9.95. The van der Waals surface area contributed by atoms with Gasteiger partial charge in [-0.15, -0.1) is 0 Å². The Morgan fingerprint density at radius 3 is 2.80 bits per heavy atom. The zero-order valence-corrected chi connectivity index (χ0v) is 25.1. The van der Waals surface area contributed by atoms with Crippen molar-refractivity contribution >= 4 is 16.7 Å². The van der Waals surface area contributed by atoms with Crippen LogP contribution in [0.25, 0.3) is 22.2 Å². The number of ether oxygens (including phenoxy) is 1. The summed E-state index contributed by atoms with van der Waals surface area (Å²) < 4.78 is 22.0. The highest BCUT2D eigenvalue weighted by molar-refractivity contribution is 5.88. The number of halogens is 1. The molecular formula is C34H42FN5O. The lowest BCUT2D eigenvalue weighted by Gasteiger charge is -2.59. The normalized spacial score (nSPS) is 25.9. The van der Waals surface area contributed by atoms with Crippen molar-refractivity contribution in [3.63, 3.8) is 0 Å². The van der Waals surface area contributed by atoms with Crippen LogP contribution in [-0.4, -0.2) is 64.8 Å². The lowest BCUT2D eigenvalue weighted by molar-refractivity contribution is -0.0273. The Bertz CT molecular complexity index is 1580. The number of rotatable bonds is 4. The van der Waals surface area contributed by atoms with Crippen LogP contribution in [0.2, 0.25) is 0 Å². The topological polar surface area (TPSA) is 56.8 Å². The third-order valence-corrected chi connectivity index (χ3v) is 10.0. The van der Waals surface area contributed by atoms with E-state index in [0.29, 0.717) is 23.6 Å². The van der Waals surface area contributed by atoms with Gasteiger partial charge in [-0.25, -0.2) is 9.37 Å². The second-order valence-corrected chi connectivity index (χ2v) is 13.8. The van der Waals surface area contributed by atoms with Gasteiger partial charge in [-0.05, 0) is 106 Å². The molecule has 1 saturated carbocycles. The molecule has 0 radical (unpaired) electrons. The van der Waals surface area contributed by atoms with Gasteiger partial charge in [0.2, 0.25) is 0 Å². The molecule has 2 unspecified atom stereocenters. The Morgan fingerprint density at radius 2 is 2.02 bits per heavy atom. The van der Waals surface area contributed by atoms with E-state index in [-0.39, 0.29) is 16.8 Å². The maximum atomic E-state index is 15.7. The number of H-pyrrole nitrogens is 1. The third kappa shape index (κ3) is 4.52. The van der Waals surface area contributed by atoms with Gasteiger partial charge in [0.25, 0.3) is 0 Å². The summed E-state index contributed by atoms with van der Waals surface area (Å²) >= 11 is 0. The van der Waals surface area contributed by atoms with Gasteiger partial charge >= 0.3 is 0 Å². The Labute approximate surface area is 242 Å². The minimum Gasteiger partial charge on any atom is -0.492 e. The quantitative estimate of drug-likeness (QED) is 0.381. The van der Waals surface area contributed by atoms with Crippen LogP contribution in [0.15, 0.2) is 46.6 Å². The number of imidazole rings is 1. The Morgan fingerprint density at radius 1 is 1.17 bits per heavy atom. The zero-order chi connectivity index (χ0) is 28.5. The van der Waals surface area contributed by atoms with Crippen molar-refractivity contribution in [2.75, 3.05) is 33.8 Å². The van der Waals surface area contributed by atoms with Crippen LogP contribution < -0.4 is 4.74 Å². The molecule has 3 heterocycles. The number of hydrogen-bond donors (Lipinski definition) is 1. The van der Waals surface area contributed by atoms with Crippen molar-refractivity contribution < 1.29 is 9.13 Å². The average molecular weight is 556 g/mol. The highest BCUT2D eigenvalue weighted by Gasteiger charge is 2.56. The maximum absolute atomic E-state index is 15.7. The van der Waals surface area contributed by atoms with Crippen molar-refractivity contribution in [1.82, 2.24) is 19.8 Å². The van der Waals surface area contributed by atoms with Crippen LogP contribution in [0.1, 0.15) is 63.8 Å². The van der Waals surface area contributed by atoms with Crippen LogP contribution in [-0.2, 0) is 6.54 Å². The molecule has 7 rings (SSSR count). The smallest absolute Gasteiger partial charge is 0.158 e. The fourth-order valence-corrected chi connectivity index (χ4v) is 7.98. The molecule has 1 N–H and O–H groups in total. The first-order valence-corrected chi connectivity index (χ1v) is 15.2. The van der Waals surface area contributed by atoms with Gasteiger partial charge < -0.3 is 14.6 Å². The zero-order valence-electron chi connectivity index (χ0n) is 25.1. The lowest BCUT2D eigenvalue weighted by Crippen LogP contribution is -2.62. The molecule has 2 aromatic carbocycles. The molecule has 216 valence electrons. The fraction of sp³-hybridized carbons (Fsp3) is 0.529. The monoisotopic (exact) mass is 555 g/mol. The summed E-state index contributed by atoms with van der Waals surface area (Å²) in [5.41, 5.74) is 8.28. The van der Waals surface area contributed by atoms with E-state index in [1.54, 1.807) is 5.57 Å². The van der Waals surface area contributed by atoms with Crippen LogP contribution in [0.3, 0.4) is 0 Å². The second-order valence-electron chi connectivity index (χ2n) is 13.8. The fourth-order valence-electron chi connectivity index (χ4n) is 7.98. The number of hydrogen-bond acceptors (Lipinski definition) is 5. The molecule has 41 heavy (non-hydrogen) atoms. The van der Waals surface area contributed by atoms with E-state index in [2.05, 4.69) is 53.8 Å². The number of aryl methyl sites for hydroxylation is 1. The summed E-state index contributed by atoms with van der Waals surface area (Å²) in [5.74, 6) is 1.92. The van der Waals surface area contributed by atoms with Crippen molar-refractivity contribution in [3.8, 4) is 16.9 Å². The summed E-state index contributed by atoms with van der Waals surface area (Å²) in [5, 5.41) is 0. The number of aliphatic imine (C=N–C) groups is 1. The van der Waals surface area contributed by atoms with E-state index in [1.807, 2.05) is 31.2 Å². The number of benzene rings is 2. The predicted molar refractivity (Wildman–Crippen MR) is 163 cm³/mol. The molecule has 2 aliphatic carbocycles. The van der Waals surface area contributed by atoms with Crippen LogP contribution in [0, 0.1) is 24.1 Å². The SMILES string of the molecule is Cc1nc2c(F)c(-c3ccc4c(c3)CN(C35CCC3CC(CN(C)C)=NC3=C5CC(C)(C)CC3)CCO4)ccc2[nH]1. The molecule has 7 heteroatoms. The second kappa shape index (κ2) is 9.77. The molecule has 1 fully saturated rings. The number of allylic oxidation sites excluding steroid dienone is 1. The van der Waals surface area contributed by atoms with Crippen LogP contribution in [0.5, 0.6) is 5.75 Å². The summed E-state index contributed by atoms with van der Waals surface area (Å²) in [6.45, 7) is 9.97. The number of aromatic nitrogens is 2. The number of fused-ring (bicyclic) bond motifs is 4. The van der Waals surface area contributed by atoms with E-state index in [1.165, 1.54) is 30.7 Å². The Hall–Kier alpha value is -3.03.